The van der Waals surface area contributed by atoms with Gasteiger partial charge in [0.2, 0.25) is 0 Å². The molecule has 0 spiro atoms. The predicted molar refractivity (Wildman–Crippen MR) is 88.4 cm³/mol. The van der Waals surface area contributed by atoms with Crippen molar-refractivity contribution in [2.24, 2.45) is 0 Å². The zero-order chi connectivity index (χ0) is 17.1. The molecule has 0 aliphatic carbocycles. The highest BCUT2D eigenvalue weighted by Gasteiger charge is 2.43. The van der Waals surface area contributed by atoms with Crippen molar-refractivity contribution >= 4 is 16.1 Å². The molecule has 0 aliphatic heterocycles. The molecule has 0 unspecified atom stereocenters. The Kier molecular flexibility index (Phi) is 10.7. The summed E-state index contributed by atoms with van der Waals surface area (Å²) in [6, 6.07) is 0. The minimum atomic E-state index is -4.07. The number of aliphatic carboxylic acids is 1. The molecule has 0 amide bonds. The van der Waals surface area contributed by atoms with Crippen LogP contribution < -0.4 is 0 Å². The summed E-state index contributed by atoms with van der Waals surface area (Å²) in [6.45, 7) is 4.56. The molecule has 0 bridgehead atoms. The van der Waals surface area contributed by atoms with Gasteiger partial charge in [-0.2, -0.15) is 8.42 Å². The van der Waals surface area contributed by atoms with Crippen molar-refractivity contribution < 1.29 is 22.5 Å². The highest BCUT2D eigenvalue weighted by molar-refractivity contribution is 7.89. The first-order valence-electron chi connectivity index (χ1n) is 8.38. The van der Waals surface area contributed by atoms with Crippen molar-refractivity contribution in [2.75, 3.05) is 6.61 Å². The largest absolute Gasteiger partial charge is 0.480 e. The number of unbranched alkanes of at least 4 members (excludes halogenated alkanes) is 9. The summed E-state index contributed by atoms with van der Waals surface area (Å²) in [5.74, 6) is -1.39. The van der Waals surface area contributed by atoms with Crippen LogP contribution in [0.4, 0.5) is 0 Å². The SMILES string of the molecule is CCCCCCCCCCCCOS(=O)(=O)C(C)(C)C(=O)O. The molecule has 5 nitrogen and oxygen atoms in total. The number of rotatable bonds is 14. The van der Waals surface area contributed by atoms with Crippen LogP contribution in [0.2, 0.25) is 0 Å². The Morgan fingerprint density at radius 3 is 1.73 bits per heavy atom. The average Bonchev–Trinajstić information content (AvgIpc) is 2.44. The molecule has 0 aromatic heterocycles. The van der Waals surface area contributed by atoms with Crippen LogP contribution in [0.1, 0.15) is 85.0 Å². The van der Waals surface area contributed by atoms with Crippen molar-refractivity contribution in [2.45, 2.75) is 89.7 Å². The normalized spacial score (nSPS) is 12.5. The van der Waals surface area contributed by atoms with Gasteiger partial charge < -0.3 is 5.11 Å². The zero-order valence-electron chi connectivity index (χ0n) is 14.3. The first kappa shape index (κ1) is 21.4. The lowest BCUT2D eigenvalue weighted by atomic mass is 10.1. The molecule has 0 rings (SSSR count). The second-order valence-electron chi connectivity index (χ2n) is 6.27. The van der Waals surface area contributed by atoms with Crippen molar-refractivity contribution in [3.63, 3.8) is 0 Å². The third kappa shape index (κ3) is 8.13. The van der Waals surface area contributed by atoms with Gasteiger partial charge in [0.25, 0.3) is 10.1 Å². The van der Waals surface area contributed by atoms with Gasteiger partial charge in [-0.1, -0.05) is 64.7 Å². The zero-order valence-corrected chi connectivity index (χ0v) is 15.1. The maximum absolute atomic E-state index is 11.8. The number of carboxylic acid groups (broad SMARTS) is 1. The summed E-state index contributed by atoms with van der Waals surface area (Å²) in [6.07, 6.45) is 11.5. The summed E-state index contributed by atoms with van der Waals surface area (Å²) in [5.41, 5.74) is 0. The number of hydrogen-bond acceptors (Lipinski definition) is 4. The molecule has 0 fully saturated rings. The van der Waals surface area contributed by atoms with Gasteiger partial charge in [-0.15, -0.1) is 0 Å². The van der Waals surface area contributed by atoms with Crippen molar-refractivity contribution in [3.05, 3.63) is 0 Å². The molecule has 0 heterocycles. The van der Waals surface area contributed by atoms with Crippen molar-refractivity contribution in [1.29, 1.82) is 0 Å². The molecule has 0 aromatic rings. The van der Waals surface area contributed by atoms with Crippen LogP contribution in [-0.4, -0.2) is 30.8 Å². The standard InChI is InChI=1S/C16H32O5S/c1-4-5-6-7-8-9-10-11-12-13-14-21-22(19,20)16(2,3)15(17)18/h4-14H2,1-3H3,(H,17,18). The van der Waals surface area contributed by atoms with Crippen LogP contribution in [0.15, 0.2) is 0 Å². The summed E-state index contributed by atoms with van der Waals surface area (Å²) >= 11 is 0. The molecule has 0 saturated carbocycles. The van der Waals surface area contributed by atoms with Crippen LogP contribution in [0, 0.1) is 0 Å². The molecule has 1 N–H and O–H groups in total. The fraction of sp³-hybridized carbons (Fsp3) is 0.938. The van der Waals surface area contributed by atoms with Crippen molar-refractivity contribution in [3.8, 4) is 0 Å². The topological polar surface area (TPSA) is 80.7 Å². The van der Waals surface area contributed by atoms with E-state index >= 15 is 0 Å². The number of hydrogen-bond donors (Lipinski definition) is 1. The fourth-order valence-corrected chi connectivity index (χ4v) is 2.86. The third-order valence-corrected chi connectivity index (χ3v) is 5.78. The average molecular weight is 336 g/mol. The third-order valence-electron chi connectivity index (χ3n) is 3.88. The maximum Gasteiger partial charge on any atom is 0.326 e. The minimum Gasteiger partial charge on any atom is -0.480 e. The Morgan fingerprint density at radius 1 is 0.909 bits per heavy atom. The summed E-state index contributed by atoms with van der Waals surface area (Å²) in [5, 5.41) is 8.89. The van der Waals surface area contributed by atoms with E-state index in [0.717, 1.165) is 26.7 Å². The van der Waals surface area contributed by atoms with Gasteiger partial charge >= 0.3 is 5.97 Å². The van der Waals surface area contributed by atoms with Gasteiger partial charge in [-0.05, 0) is 20.3 Å². The Labute approximate surface area is 135 Å². The van der Waals surface area contributed by atoms with Crippen LogP contribution in [-0.2, 0) is 19.1 Å². The van der Waals surface area contributed by atoms with Gasteiger partial charge in [0.1, 0.15) is 0 Å². The van der Waals surface area contributed by atoms with E-state index in [9.17, 15) is 13.2 Å². The fourth-order valence-electron chi connectivity index (χ4n) is 2.01. The Hall–Kier alpha value is -0.620. The molecule has 6 heteroatoms. The molecule has 0 saturated heterocycles. The summed E-state index contributed by atoms with van der Waals surface area (Å²) in [7, 11) is -4.07. The molecule has 0 atom stereocenters. The first-order chi connectivity index (χ1) is 10.3. The van der Waals surface area contributed by atoms with Crippen LogP contribution >= 0.6 is 0 Å². The molecule has 0 radical (unpaired) electrons. The Bertz CT molecular complexity index is 401. The lowest BCUT2D eigenvalue weighted by Crippen LogP contribution is -2.41. The van der Waals surface area contributed by atoms with Crippen LogP contribution in [0.25, 0.3) is 0 Å². The quantitative estimate of drug-likeness (QED) is 0.381. The van der Waals surface area contributed by atoms with Gasteiger partial charge in [-0.25, -0.2) is 0 Å². The Balaban J connectivity index is 3.64. The predicted octanol–water partition coefficient (Wildman–Crippen LogP) is 4.12. The maximum atomic E-state index is 11.8. The highest BCUT2D eigenvalue weighted by atomic mass is 32.2. The second kappa shape index (κ2) is 11.0. The van der Waals surface area contributed by atoms with Gasteiger partial charge in [0, 0.05) is 0 Å². The van der Waals surface area contributed by atoms with Crippen LogP contribution in [0.3, 0.4) is 0 Å². The molecule has 22 heavy (non-hydrogen) atoms. The van der Waals surface area contributed by atoms with E-state index in [4.69, 9.17) is 9.29 Å². The van der Waals surface area contributed by atoms with Gasteiger partial charge in [-0.3, -0.25) is 8.98 Å². The molecule has 0 aromatic carbocycles. The first-order valence-corrected chi connectivity index (χ1v) is 9.79. The second-order valence-corrected chi connectivity index (χ2v) is 8.44. The monoisotopic (exact) mass is 336 g/mol. The summed E-state index contributed by atoms with van der Waals surface area (Å²) < 4.78 is 26.4. The minimum absolute atomic E-state index is 0.0650. The lowest BCUT2D eigenvalue weighted by molar-refractivity contribution is -0.139. The molecular formula is C16H32O5S. The van der Waals surface area contributed by atoms with Crippen molar-refractivity contribution in [1.82, 2.24) is 0 Å². The van der Waals surface area contributed by atoms with Gasteiger partial charge in [0.05, 0.1) is 6.61 Å². The molecule has 0 aliphatic rings. The number of carbonyl (C=O) groups is 1. The highest BCUT2D eigenvalue weighted by Crippen LogP contribution is 2.19. The molecular weight excluding hydrogens is 304 g/mol. The number of carboxylic acids is 1. The van der Waals surface area contributed by atoms with E-state index in [2.05, 4.69) is 6.92 Å². The smallest absolute Gasteiger partial charge is 0.326 e. The van der Waals surface area contributed by atoms with Gasteiger partial charge in [0.15, 0.2) is 4.75 Å². The molecule has 132 valence electrons. The summed E-state index contributed by atoms with van der Waals surface area (Å²) in [4.78, 5) is 10.9. The van der Waals surface area contributed by atoms with E-state index in [1.165, 1.54) is 44.9 Å². The van der Waals surface area contributed by atoms with E-state index in [0.29, 0.717) is 6.42 Å². The van der Waals surface area contributed by atoms with E-state index in [1.807, 2.05) is 0 Å². The van der Waals surface area contributed by atoms with E-state index < -0.39 is 20.8 Å². The van der Waals surface area contributed by atoms with E-state index in [-0.39, 0.29) is 6.61 Å². The van der Waals surface area contributed by atoms with E-state index in [1.54, 1.807) is 0 Å². The van der Waals surface area contributed by atoms with Crippen LogP contribution in [0.5, 0.6) is 0 Å². The lowest BCUT2D eigenvalue weighted by Gasteiger charge is -2.18. The Morgan fingerprint density at radius 2 is 1.32 bits per heavy atom.